The molecule has 0 aliphatic rings. The third-order valence-electron chi connectivity index (χ3n) is 0.577. The molecule has 0 aromatic carbocycles. The van der Waals surface area contributed by atoms with Crippen LogP contribution in [0, 0.1) is 0 Å². The summed E-state index contributed by atoms with van der Waals surface area (Å²) in [5, 5.41) is 0. The van der Waals surface area contributed by atoms with E-state index >= 15 is 0 Å². The molecule has 0 rings (SSSR count). The van der Waals surface area contributed by atoms with Gasteiger partial charge in [-0.05, 0) is 0 Å². The molecule has 0 saturated carbocycles. The van der Waals surface area contributed by atoms with E-state index < -0.39 is 0 Å². The van der Waals surface area contributed by atoms with Gasteiger partial charge in [0, 0.05) is 0 Å². The molecule has 0 nitrogen and oxygen atoms in total. The van der Waals surface area contributed by atoms with E-state index in [0.717, 1.165) is 0 Å². The van der Waals surface area contributed by atoms with Crippen molar-refractivity contribution in [2.75, 3.05) is 0 Å². The van der Waals surface area contributed by atoms with Gasteiger partial charge in [0.15, 0.2) is 0 Å². The molecular formula is C4H10FGa. The Kier molecular flexibility index (Phi) is 14.8. The van der Waals surface area contributed by atoms with Gasteiger partial charge in [-0.25, -0.2) is 0 Å². The quantitative estimate of drug-likeness (QED) is 0.420. The van der Waals surface area contributed by atoms with E-state index in [2.05, 4.69) is 13.8 Å². The number of hydrogen-bond donors (Lipinski definition) is 0. The van der Waals surface area contributed by atoms with Gasteiger partial charge in [0.25, 0.3) is 0 Å². The Balaban J connectivity index is 0. The van der Waals surface area contributed by atoms with Gasteiger partial charge in [0.05, 0.1) is 0 Å². The summed E-state index contributed by atoms with van der Waals surface area (Å²) in [4.78, 5) is 3.00. The molecule has 0 unspecified atom stereocenters. The van der Waals surface area contributed by atoms with Crippen LogP contribution in [0.25, 0.3) is 0 Å². The molecule has 0 N–H and O–H groups in total. The molecule has 0 saturated heterocycles. The minimum atomic E-state index is 0. The molecule has 0 aliphatic heterocycles. The maximum atomic E-state index is 2.28. The summed E-state index contributed by atoms with van der Waals surface area (Å²) in [5.41, 5.74) is 0. The number of hydrogen-bond acceptors (Lipinski definition) is 0. The molecular weight excluding hydrogens is 137 g/mol. The standard InChI is InChI=1S/2C2H5.FH.Ga/c2*1-2;;/h2*1H2,2H3;1H;/q;;;+1/p-1. The Morgan fingerprint density at radius 3 is 1.50 bits per heavy atom. The molecule has 0 fully saturated rings. The zero-order valence-electron chi connectivity index (χ0n) is 4.37. The molecule has 6 heavy (non-hydrogen) atoms. The number of rotatable bonds is 2. The second-order valence-corrected chi connectivity index (χ2v) is 5.74. The molecule has 0 amide bonds. The zero-order valence-corrected chi connectivity index (χ0v) is 6.79. The van der Waals surface area contributed by atoms with E-state index in [1.165, 1.54) is 9.95 Å². The van der Waals surface area contributed by atoms with E-state index in [1.807, 2.05) is 0 Å². The van der Waals surface area contributed by atoms with Crippen LogP contribution < -0.4 is 4.70 Å². The predicted molar refractivity (Wildman–Crippen MR) is 26.7 cm³/mol. The minimum Gasteiger partial charge on any atom is -1.00 e. The topological polar surface area (TPSA) is 0 Å². The van der Waals surface area contributed by atoms with Crippen LogP contribution in [0.4, 0.5) is 0 Å². The second-order valence-electron chi connectivity index (χ2n) is 1.11. The fourth-order valence-electron chi connectivity index (χ4n) is 0.289. The first-order valence-corrected chi connectivity index (χ1v) is 5.66. The SMILES string of the molecule is C[CH2][Ga+][CH2]C.[F-]. The summed E-state index contributed by atoms with van der Waals surface area (Å²) in [6.45, 7) is 4.56. The van der Waals surface area contributed by atoms with E-state index in [0.29, 0.717) is 17.4 Å². The first-order chi connectivity index (χ1) is 2.41. The van der Waals surface area contributed by atoms with Gasteiger partial charge in [0.1, 0.15) is 0 Å². The molecule has 0 aromatic heterocycles. The van der Waals surface area contributed by atoms with Crippen molar-refractivity contribution in [3.63, 3.8) is 0 Å². The van der Waals surface area contributed by atoms with E-state index in [1.54, 1.807) is 0 Å². The van der Waals surface area contributed by atoms with E-state index in [-0.39, 0.29) is 4.70 Å². The van der Waals surface area contributed by atoms with Crippen molar-refractivity contribution >= 4 is 17.4 Å². The Morgan fingerprint density at radius 1 is 1.17 bits per heavy atom. The number of halogens is 1. The van der Waals surface area contributed by atoms with Crippen LogP contribution >= 0.6 is 0 Å². The second kappa shape index (κ2) is 9.13. The fourth-order valence-corrected chi connectivity index (χ4v) is 1.50. The molecule has 0 radical (unpaired) electrons. The molecule has 0 aromatic rings. The van der Waals surface area contributed by atoms with Crippen LogP contribution in [0.2, 0.25) is 9.95 Å². The third kappa shape index (κ3) is 8.82. The van der Waals surface area contributed by atoms with Crippen molar-refractivity contribution in [3.05, 3.63) is 0 Å². The molecule has 0 atom stereocenters. The average molecular weight is 147 g/mol. The predicted octanol–water partition coefficient (Wildman–Crippen LogP) is -1.43. The summed E-state index contributed by atoms with van der Waals surface area (Å²) in [7, 11) is 0. The van der Waals surface area contributed by atoms with Gasteiger partial charge < -0.3 is 4.70 Å². The first kappa shape index (κ1) is 9.76. The van der Waals surface area contributed by atoms with Crippen molar-refractivity contribution in [3.8, 4) is 0 Å². The van der Waals surface area contributed by atoms with Crippen molar-refractivity contribution in [2.24, 2.45) is 0 Å². The Hall–Kier alpha value is 0.566. The van der Waals surface area contributed by atoms with Crippen molar-refractivity contribution in [1.82, 2.24) is 0 Å². The van der Waals surface area contributed by atoms with Crippen LogP contribution in [-0.4, -0.2) is 17.4 Å². The Bertz CT molecular complexity index is 15.0. The molecule has 0 bridgehead atoms. The Morgan fingerprint density at radius 2 is 1.50 bits per heavy atom. The minimum absolute atomic E-state index is 0. The van der Waals surface area contributed by atoms with Gasteiger partial charge in [-0.15, -0.1) is 0 Å². The Labute approximate surface area is 46.5 Å². The fraction of sp³-hybridized carbons (Fsp3) is 1.00. The molecule has 36 valence electrons. The monoisotopic (exact) mass is 146 g/mol. The molecule has 0 spiro atoms. The summed E-state index contributed by atoms with van der Waals surface area (Å²) >= 11 is 0.312. The maximum absolute atomic E-state index is 2.28. The summed E-state index contributed by atoms with van der Waals surface area (Å²) in [6, 6.07) is 0. The van der Waals surface area contributed by atoms with Crippen LogP contribution in [0.1, 0.15) is 13.8 Å². The molecule has 0 aliphatic carbocycles. The average Bonchev–Trinajstić information content (AvgIpc) is 1.41. The molecule has 2 heteroatoms. The van der Waals surface area contributed by atoms with Gasteiger partial charge in [-0.1, -0.05) is 0 Å². The van der Waals surface area contributed by atoms with Crippen molar-refractivity contribution in [2.45, 2.75) is 23.8 Å². The van der Waals surface area contributed by atoms with Crippen LogP contribution in [-0.2, 0) is 0 Å². The van der Waals surface area contributed by atoms with E-state index in [9.17, 15) is 0 Å². The van der Waals surface area contributed by atoms with Crippen LogP contribution in [0.3, 0.4) is 0 Å². The van der Waals surface area contributed by atoms with Gasteiger partial charge in [0.2, 0.25) is 0 Å². The zero-order chi connectivity index (χ0) is 4.12. The normalized spacial score (nSPS) is 5.67. The first-order valence-electron chi connectivity index (χ1n) is 2.23. The maximum Gasteiger partial charge on any atom is -1.00 e. The van der Waals surface area contributed by atoms with Crippen LogP contribution in [0.15, 0.2) is 0 Å². The van der Waals surface area contributed by atoms with Gasteiger partial charge >= 0.3 is 41.2 Å². The summed E-state index contributed by atoms with van der Waals surface area (Å²) < 4.78 is 0. The van der Waals surface area contributed by atoms with Crippen LogP contribution in [0.5, 0.6) is 0 Å². The summed E-state index contributed by atoms with van der Waals surface area (Å²) in [5.74, 6) is 0. The van der Waals surface area contributed by atoms with Crippen molar-refractivity contribution < 1.29 is 4.70 Å². The third-order valence-corrected chi connectivity index (χ3v) is 3.00. The van der Waals surface area contributed by atoms with Gasteiger partial charge in [-0.3, -0.25) is 0 Å². The van der Waals surface area contributed by atoms with Crippen molar-refractivity contribution in [1.29, 1.82) is 0 Å². The van der Waals surface area contributed by atoms with E-state index in [4.69, 9.17) is 0 Å². The smallest absolute Gasteiger partial charge is 1.00 e. The summed E-state index contributed by atoms with van der Waals surface area (Å²) in [6.07, 6.45) is 0. The largest absolute Gasteiger partial charge is 1.00 e. The molecule has 0 heterocycles. The van der Waals surface area contributed by atoms with Gasteiger partial charge in [-0.2, -0.15) is 0 Å².